The van der Waals surface area contributed by atoms with Crippen molar-refractivity contribution < 1.29 is 4.74 Å². The third-order valence-electron chi connectivity index (χ3n) is 2.52. The van der Waals surface area contributed by atoms with Crippen LogP contribution in [0.4, 0.5) is 0 Å². The Labute approximate surface area is 97.5 Å². The molecule has 0 saturated carbocycles. The van der Waals surface area contributed by atoms with Gasteiger partial charge in [-0.1, -0.05) is 6.92 Å². The third kappa shape index (κ3) is 3.77. The number of hydrogen-bond acceptors (Lipinski definition) is 4. The molecule has 0 radical (unpaired) electrons. The summed E-state index contributed by atoms with van der Waals surface area (Å²) in [7, 11) is 1.98. The topological polar surface area (TPSA) is 47.0 Å². The van der Waals surface area contributed by atoms with E-state index in [4.69, 9.17) is 4.74 Å². The van der Waals surface area contributed by atoms with Crippen molar-refractivity contribution in [2.45, 2.75) is 39.7 Å². The summed E-state index contributed by atoms with van der Waals surface area (Å²) in [5, 5.41) is 3.27. The molecule has 0 aliphatic carbocycles. The maximum atomic E-state index is 5.40. The van der Waals surface area contributed by atoms with Crippen molar-refractivity contribution in [3.63, 3.8) is 0 Å². The molecule has 1 unspecified atom stereocenters. The molecular weight excluding hydrogens is 202 g/mol. The van der Waals surface area contributed by atoms with Crippen LogP contribution < -0.4 is 10.1 Å². The monoisotopic (exact) mass is 223 g/mol. The summed E-state index contributed by atoms with van der Waals surface area (Å²) in [4.78, 5) is 8.65. The van der Waals surface area contributed by atoms with Gasteiger partial charge in [0.25, 0.3) is 0 Å². The van der Waals surface area contributed by atoms with E-state index >= 15 is 0 Å². The molecule has 0 spiro atoms. The maximum absolute atomic E-state index is 5.40. The standard InChI is InChI=1S/C12H21N3O/c1-5-10(13-4)7-11-8-12(16-6-2)15-9(3)14-11/h8,10,13H,5-7H2,1-4H3. The van der Waals surface area contributed by atoms with Crippen molar-refractivity contribution in [1.82, 2.24) is 15.3 Å². The summed E-state index contributed by atoms with van der Waals surface area (Å²) >= 11 is 0. The highest BCUT2D eigenvalue weighted by atomic mass is 16.5. The van der Waals surface area contributed by atoms with Crippen LogP contribution in [0.3, 0.4) is 0 Å². The highest BCUT2D eigenvalue weighted by Crippen LogP contribution is 2.11. The Hall–Kier alpha value is -1.16. The number of aromatic nitrogens is 2. The average molecular weight is 223 g/mol. The van der Waals surface area contributed by atoms with E-state index in [2.05, 4.69) is 22.2 Å². The molecule has 1 aromatic rings. The molecule has 0 aliphatic heterocycles. The van der Waals surface area contributed by atoms with Gasteiger partial charge in [-0.25, -0.2) is 4.98 Å². The molecule has 0 amide bonds. The van der Waals surface area contributed by atoms with Gasteiger partial charge in [0.2, 0.25) is 5.88 Å². The molecule has 16 heavy (non-hydrogen) atoms. The molecule has 1 heterocycles. The third-order valence-corrected chi connectivity index (χ3v) is 2.52. The van der Waals surface area contributed by atoms with Gasteiger partial charge in [0.15, 0.2) is 0 Å². The molecule has 1 N–H and O–H groups in total. The highest BCUT2D eigenvalue weighted by molar-refractivity contribution is 5.17. The number of nitrogens with one attached hydrogen (secondary N) is 1. The molecule has 0 aliphatic rings. The maximum Gasteiger partial charge on any atom is 0.216 e. The first-order chi connectivity index (χ1) is 7.69. The second-order valence-corrected chi connectivity index (χ2v) is 3.78. The Balaban J connectivity index is 2.78. The lowest BCUT2D eigenvalue weighted by atomic mass is 10.1. The van der Waals surface area contributed by atoms with E-state index in [1.807, 2.05) is 27.0 Å². The van der Waals surface area contributed by atoms with E-state index in [1.165, 1.54) is 0 Å². The number of aryl methyl sites for hydroxylation is 1. The lowest BCUT2D eigenvalue weighted by molar-refractivity contribution is 0.324. The van der Waals surface area contributed by atoms with Crippen LogP contribution in [0.1, 0.15) is 31.8 Å². The van der Waals surface area contributed by atoms with Gasteiger partial charge in [0.1, 0.15) is 5.82 Å². The van der Waals surface area contributed by atoms with Crippen LogP contribution in [0, 0.1) is 6.92 Å². The second-order valence-electron chi connectivity index (χ2n) is 3.78. The highest BCUT2D eigenvalue weighted by Gasteiger charge is 2.08. The summed E-state index contributed by atoms with van der Waals surface area (Å²) in [5.74, 6) is 1.45. The predicted octanol–water partition coefficient (Wildman–Crippen LogP) is 1.72. The van der Waals surface area contributed by atoms with Gasteiger partial charge in [-0.05, 0) is 27.3 Å². The van der Waals surface area contributed by atoms with E-state index in [0.29, 0.717) is 18.5 Å². The van der Waals surface area contributed by atoms with Crippen LogP contribution >= 0.6 is 0 Å². The molecule has 0 bridgehead atoms. The fourth-order valence-electron chi connectivity index (χ4n) is 1.63. The second kappa shape index (κ2) is 6.43. The van der Waals surface area contributed by atoms with Gasteiger partial charge in [-0.2, -0.15) is 4.98 Å². The van der Waals surface area contributed by atoms with Gasteiger partial charge in [0.05, 0.1) is 6.61 Å². The zero-order valence-corrected chi connectivity index (χ0v) is 10.6. The molecule has 1 atom stereocenters. The first-order valence-electron chi connectivity index (χ1n) is 5.84. The lowest BCUT2D eigenvalue weighted by Gasteiger charge is -2.13. The van der Waals surface area contributed by atoms with Crippen molar-refractivity contribution in [2.24, 2.45) is 0 Å². The van der Waals surface area contributed by atoms with Gasteiger partial charge < -0.3 is 10.1 Å². The Morgan fingerprint density at radius 2 is 2.12 bits per heavy atom. The number of nitrogens with zero attached hydrogens (tertiary/aromatic N) is 2. The van der Waals surface area contributed by atoms with Crippen molar-refractivity contribution in [2.75, 3.05) is 13.7 Å². The Morgan fingerprint density at radius 1 is 1.38 bits per heavy atom. The van der Waals surface area contributed by atoms with E-state index < -0.39 is 0 Å². The van der Waals surface area contributed by atoms with Crippen LogP contribution in [0.2, 0.25) is 0 Å². The minimum atomic E-state index is 0.462. The van der Waals surface area contributed by atoms with Crippen molar-refractivity contribution in [1.29, 1.82) is 0 Å². The Morgan fingerprint density at radius 3 is 2.69 bits per heavy atom. The molecule has 0 fully saturated rings. The number of rotatable bonds is 6. The summed E-state index contributed by atoms with van der Waals surface area (Å²) in [6.07, 6.45) is 2.00. The first-order valence-corrected chi connectivity index (χ1v) is 5.84. The first kappa shape index (κ1) is 12.9. The minimum absolute atomic E-state index is 0.462. The van der Waals surface area contributed by atoms with Gasteiger partial charge in [-0.3, -0.25) is 0 Å². The molecule has 4 nitrogen and oxygen atoms in total. The van der Waals surface area contributed by atoms with Crippen LogP contribution in [-0.2, 0) is 6.42 Å². The molecule has 1 aromatic heterocycles. The van der Waals surface area contributed by atoms with E-state index in [9.17, 15) is 0 Å². The predicted molar refractivity (Wildman–Crippen MR) is 64.8 cm³/mol. The molecule has 0 aromatic carbocycles. The van der Waals surface area contributed by atoms with E-state index in [1.54, 1.807) is 0 Å². The quantitative estimate of drug-likeness (QED) is 0.797. The van der Waals surface area contributed by atoms with Gasteiger partial charge in [0, 0.05) is 24.2 Å². The summed E-state index contributed by atoms with van der Waals surface area (Å²) in [6.45, 7) is 6.66. The lowest BCUT2D eigenvalue weighted by Crippen LogP contribution is -2.27. The largest absolute Gasteiger partial charge is 0.478 e. The Bertz CT molecular complexity index is 324. The van der Waals surface area contributed by atoms with Crippen LogP contribution in [-0.4, -0.2) is 29.7 Å². The normalized spacial score (nSPS) is 12.5. The van der Waals surface area contributed by atoms with Crippen LogP contribution in [0.25, 0.3) is 0 Å². The van der Waals surface area contributed by atoms with Gasteiger partial charge >= 0.3 is 0 Å². The Kier molecular flexibility index (Phi) is 5.19. The summed E-state index contributed by atoms with van der Waals surface area (Å²) < 4.78 is 5.40. The van der Waals surface area contributed by atoms with Crippen molar-refractivity contribution in [3.8, 4) is 5.88 Å². The van der Waals surface area contributed by atoms with Gasteiger partial charge in [-0.15, -0.1) is 0 Å². The summed E-state index contributed by atoms with van der Waals surface area (Å²) in [5.41, 5.74) is 1.04. The number of ether oxygens (including phenoxy) is 1. The number of likely N-dealkylation sites (N-methyl/N-ethyl adjacent to an activating group) is 1. The zero-order chi connectivity index (χ0) is 12.0. The molecule has 4 heteroatoms. The average Bonchev–Trinajstić information content (AvgIpc) is 2.25. The van der Waals surface area contributed by atoms with E-state index in [-0.39, 0.29) is 0 Å². The fourth-order valence-corrected chi connectivity index (χ4v) is 1.63. The van der Waals surface area contributed by atoms with Crippen molar-refractivity contribution in [3.05, 3.63) is 17.6 Å². The molecule has 1 rings (SSSR count). The van der Waals surface area contributed by atoms with Crippen LogP contribution in [0.5, 0.6) is 5.88 Å². The SMILES string of the molecule is CCOc1cc(CC(CC)NC)nc(C)n1. The van der Waals surface area contributed by atoms with Crippen molar-refractivity contribution >= 4 is 0 Å². The number of hydrogen-bond donors (Lipinski definition) is 1. The molecule has 90 valence electrons. The summed E-state index contributed by atoms with van der Waals surface area (Å²) in [6, 6.07) is 2.39. The molecule has 0 saturated heterocycles. The zero-order valence-electron chi connectivity index (χ0n) is 10.6. The fraction of sp³-hybridized carbons (Fsp3) is 0.667. The smallest absolute Gasteiger partial charge is 0.216 e. The molecular formula is C12H21N3O. The van der Waals surface area contributed by atoms with Crippen LogP contribution in [0.15, 0.2) is 6.07 Å². The minimum Gasteiger partial charge on any atom is -0.478 e. The van der Waals surface area contributed by atoms with E-state index in [0.717, 1.165) is 24.4 Å².